The van der Waals surface area contributed by atoms with Crippen LogP contribution < -0.4 is 29.1 Å². The number of nitrogens with zero attached hydrogens (tertiary/aromatic N) is 3. The molecule has 0 bridgehead atoms. The largest absolute Gasteiger partial charge is 0.496 e. The van der Waals surface area contributed by atoms with Crippen LogP contribution in [-0.2, 0) is 9.53 Å². The average molecular weight is 673 g/mol. The number of non-ortho nitro benzene ring substituents is 1. The van der Waals surface area contributed by atoms with Crippen molar-refractivity contribution in [1.82, 2.24) is 4.57 Å². The Kier molecular flexibility index (Phi) is 10.2. The quantitative estimate of drug-likeness (QED) is 0.116. The molecule has 1 atom stereocenters. The third kappa shape index (κ3) is 6.42. The maximum absolute atomic E-state index is 14.2. The van der Waals surface area contributed by atoms with Gasteiger partial charge in [-0.2, -0.15) is 0 Å². The van der Waals surface area contributed by atoms with Crippen molar-refractivity contribution in [2.75, 3.05) is 27.4 Å². The monoisotopic (exact) mass is 671 g/mol. The van der Waals surface area contributed by atoms with E-state index in [2.05, 4.69) is 22.5 Å². The summed E-state index contributed by atoms with van der Waals surface area (Å²) in [6, 6.07) is 6.98. The van der Waals surface area contributed by atoms with Crippen LogP contribution >= 0.6 is 27.3 Å². The lowest BCUT2D eigenvalue weighted by Gasteiger charge is -2.27. The first-order valence-electron chi connectivity index (χ1n) is 13.3. The zero-order valence-electron chi connectivity index (χ0n) is 24.0. The van der Waals surface area contributed by atoms with E-state index in [1.54, 1.807) is 25.1 Å². The van der Waals surface area contributed by atoms with E-state index in [4.69, 9.17) is 23.9 Å². The van der Waals surface area contributed by atoms with Crippen LogP contribution in [0.1, 0.15) is 43.9 Å². The number of rotatable bonds is 12. The number of thiazole rings is 1. The van der Waals surface area contributed by atoms with Crippen molar-refractivity contribution < 1.29 is 28.7 Å². The highest BCUT2D eigenvalue weighted by Crippen LogP contribution is 2.39. The fourth-order valence-corrected chi connectivity index (χ4v) is 6.13. The standard InChI is InChI=1S/C30H30BrN3O8S/c1-6-9-21-25(29(36)41-8-3)26(20-15-18(31)10-11-22(20)39-4)33-28(35)24(43-30(33)32-21)14-17-13-19(34(37)38)16-23(40-5)27(17)42-12-7-2/h7,10-11,13-16,26H,2,6,8-9,12H2,1,3-5H3/b24-14-/t26-/m1/s1. The summed E-state index contributed by atoms with van der Waals surface area (Å²) < 4.78 is 24.7. The molecule has 43 heavy (non-hydrogen) atoms. The zero-order chi connectivity index (χ0) is 31.3. The molecule has 1 aliphatic rings. The molecular weight excluding hydrogens is 642 g/mol. The Morgan fingerprint density at radius 2 is 1.95 bits per heavy atom. The molecule has 0 amide bonds. The highest BCUT2D eigenvalue weighted by molar-refractivity contribution is 9.10. The van der Waals surface area contributed by atoms with E-state index < -0.39 is 22.5 Å². The van der Waals surface area contributed by atoms with Crippen LogP contribution in [-0.4, -0.2) is 42.9 Å². The minimum atomic E-state index is -0.914. The van der Waals surface area contributed by atoms with Gasteiger partial charge in [-0.25, -0.2) is 9.79 Å². The predicted molar refractivity (Wildman–Crippen MR) is 166 cm³/mol. The number of allylic oxidation sites excluding steroid dienone is 1. The number of nitro groups is 1. The van der Waals surface area contributed by atoms with Crippen molar-refractivity contribution in [1.29, 1.82) is 0 Å². The van der Waals surface area contributed by atoms with E-state index in [9.17, 15) is 19.7 Å². The SMILES string of the molecule is C=CCOc1c(/C=c2\sc3n(c2=O)[C@H](c2cc(Br)ccc2OC)C(C(=O)OCC)=C(CCC)N=3)cc([N+](=O)[O-])cc1OC. The van der Waals surface area contributed by atoms with Gasteiger partial charge in [0.2, 0.25) is 0 Å². The van der Waals surface area contributed by atoms with Crippen molar-refractivity contribution in [2.45, 2.75) is 32.7 Å². The minimum Gasteiger partial charge on any atom is -0.496 e. The van der Waals surface area contributed by atoms with Gasteiger partial charge < -0.3 is 18.9 Å². The second-order valence-electron chi connectivity index (χ2n) is 9.22. The summed E-state index contributed by atoms with van der Waals surface area (Å²) in [6.07, 6.45) is 4.18. The number of nitro benzene ring substituents is 1. The van der Waals surface area contributed by atoms with Gasteiger partial charge in [0.25, 0.3) is 11.2 Å². The predicted octanol–water partition coefficient (Wildman–Crippen LogP) is 4.83. The van der Waals surface area contributed by atoms with Crippen LogP contribution in [0.5, 0.6) is 17.2 Å². The second-order valence-corrected chi connectivity index (χ2v) is 11.1. The van der Waals surface area contributed by atoms with Gasteiger partial charge in [0, 0.05) is 21.7 Å². The molecule has 0 unspecified atom stereocenters. The molecule has 3 aromatic rings. The number of carbonyl (C=O) groups is 1. The summed E-state index contributed by atoms with van der Waals surface area (Å²) >= 11 is 4.60. The molecule has 11 nitrogen and oxygen atoms in total. The van der Waals surface area contributed by atoms with Gasteiger partial charge in [0.15, 0.2) is 16.3 Å². The summed E-state index contributed by atoms with van der Waals surface area (Å²) in [5, 5.41) is 11.7. The highest BCUT2D eigenvalue weighted by atomic mass is 79.9. The van der Waals surface area contributed by atoms with Gasteiger partial charge in [-0.05, 0) is 37.6 Å². The van der Waals surface area contributed by atoms with E-state index >= 15 is 0 Å². The molecule has 0 fully saturated rings. The molecule has 1 aliphatic heterocycles. The molecule has 0 spiro atoms. The van der Waals surface area contributed by atoms with Crippen molar-refractivity contribution in [2.24, 2.45) is 4.99 Å². The fourth-order valence-electron chi connectivity index (χ4n) is 4.74. The molecule has 0 aliphatic carbocycles. The first kappa shape index (κ1) is 31.7. The maximum Gasteiger partial charge on any atom is 0.338 e. The first-order valence-corrected chi connectivity index (χ1v) is 14.9. The Bertz CT molecular complexity index is 1790. The normalized spacial score (nSPS) is 14.5. The average Bonchev–Trinajstić information content (AvgIpc) is 3.29. The van der Waals surface area contributed by atoms with E-state index in [1.165, 1.54) is 43.1 Å². The topological polar surface area (TPSA) is 131 Å². The van der Waals surface area contributed by atoms with E-state index in [1.807, 2.05) is 6.92 Å². The number of halogens is 1. The smallest absolute Gasteiger partial charge is 0.338 e. The Morgan fingerprint density at radius 3 is 2.58 bits per heavy atom. The zero-order valence-corrected chi connectivity index (χ0v) is 26.5. The van der Waals surface area contributed by atoms with E-state index in [-0.39, 0.29) is 46.1 Å². The number of methoxy groups -OCH3 is 2. The van der Waals surface area contributed by atoms with Gasteiger partial charge in [-0.15, -0.1) is 0 Å². The summed E-state index contributed by atoms with van der Waals surface area (Å²) in [7, 11) is 2.88. The van der Waals surface area contributed by atoms with Crippen molar-refractivity contribution in [3.63, 3.8) is 0 Å². The van der Waals surface area contributed by atoms with Crippen LogP contribution in [0.15, 0.2) is 68.5 Å². The van der Waals surface area contributed by atoms with Gasteiger partial charge >= 0.3 is 5.97 Å². The molecule has 0 radical (unpaired) electrons. The number of ether oxygens (including phenoxy) is 4. The molecule has 4 rings (SSSR count). The van der Waals surface area contributed by atoms with Crippen LogP contribution in [0.4, 0.5) is 5.69 Å². The lowest BCUT2D eigenvalue weighted by atomic mass is 9.93. The minimum absolute atomic E-state index is 0.0994. The lowest BCUT2D eigenvalue weighted by molar-refractivity contribution is -0.385. The van der Waals surface area contributed by atoms with Gasteiger partial charge in [0.1, 0.15) is 18.4 Å². The highest BCUT2D eigenvalue weighted by Gasteiger charge is 2.36. The van der Waals surface area contributed by atoms with Crippen molar-refractivity contribution in [3.8, 4) is 17.2 Å². The Labute approximate surface area is 259 Å². The molecular formula is C30H30BrN3O8S. The van der Waals surface area contributed by atoms with Crippen LogP contribution in [0.2, 0.25) is 0 Å². The third-order valence-corrected chi connectivity index (χ3v) is 7.99. The Balaban J connectivity index is 2.08. The Morgan fingerprint density at radius 1 is 1.21 bits per heavy atom. The summed E-state index contributed by atoms with van der Waals surface area (Å²) in [5.41, 5.74) is 0.858. The molecule has 0 saturated heterocycles. The summed E-state index contributed by atoms with van der Waals surface area (Å²) in [4.78, 5) is 43.9. The molecule has 226 valence electrons. The van der Waals surface area contributed by atoms with Gasteiger partial charge in [-0.1, -0.05) is 53.3 Å². The number of esters is 1. The molecule has 0 N–H and O–H groups in total. The lowest BCUT2D eigenvalue weighted by Crippen LogP contribution is -2.40. The maximum atomic E-state index is 14.2. The number of aromatic nitrogens is 1. The molecule has 2 heterocycles. The van der Waals surface area contributed by atoms with Crippen LogP contribution in [0, 0.1) is 10.1 Å². The van der Waals surface area contributed by atoms with E-state index in [0.717, 1.165) is 15.8 Å². The summed E-state index contributed by atoms with van der Waals surface area (Å²) in [6.45, 7) is 7.57. The number of carbonyl (C=O) groups excluding carboxylic acids is 1. The molecule has 0 saturated carbocycles. The summed E-state index contributed by atoms with van der Waals surface area (Å²) in [5.74, 6) is 0.218. The van der Waals surface area contributed by atoms with Crippen LogP contribution in [0.3, 0.4) is 0 Å². The fraction of sp³-hybridized carbons (Fsp3) is 0.300. The number of benzene rings is 2. The number of fused-ring (bicyclic) bond motifs is 1. The van der Waals surface area contributed by atoms with Crippen LogP contribution in [0.25, 0.3) is 6.08 Å². The second kappa shape index (κ2) is 13.8. The Hall–Kier alpha value is -4.23. The molecule has 13 heteroatoms. The molecule has 1 aromatic heterocycles. The number of hydrogen-bond donors (Lipinski definition) is 0. The first-order chi connectivity index (χ1) is 20.7. The van der Waals surface area contributed by atoms with Crippen molar-refractivity contribution >= 4 is 45.0 Å². The van der Waals surface area contributed by atoms with E-state index in [0.29, 0.717) is 34.7 Å². The third-order valence-electron chi connectivity index (χ3n) is 6.51. The van der Waals surface area contributed by atoms with Crippen molar-refractivity contribution in [3.05, 3.63) is 99.7 Å². The number of hydrogen-bond acceptors (Lipinski definition) is 10. The van der Waals surface area contributed by atoms with Gasteiger partial charge in [0.05, 0.1) is 47.6 Å². The molecule has 2 aromatic carbocycles. The van der Waals surface area contributed by atoms with Gasteiger partial charge in [-0.3, -0.25) is 19.5 Å².